The van der Waals surface area contributed by atoms with Gasteiger partial charge in [-0.25, -0.2) is 4.98 Å². The van der Waals surface area contributed by atoms with Crippen molar-refractivity contribution < 1.29 is 4.74 Å². The summed E-state index contributed by atoms with van der Waals surface area (Å²) in [7, 11) is 0. The van der Waals surface area contributed by atoms with Crippen molar-refractivity contribution in [1.29, 1.82) is 0 Å². The maximum absolute atomic E-state index is 5.73. The fourth-order valence-electron chi connectivity index (χ4n) is 2.15. The minimum Gasteiger partial charge on any atom is -0.373 e. The summed E-state index contributed by atoms with van der Waals surface area (Å²) >= 11 is 3.47. The monoisotopic (exact) mass is 311 g/mol. The van der Waals surface area contributed by atoms with Crippen LogP contribution in [0.3, 0.4) is 0 Å². The molecule has 2 aromatic heterocycles. The first-order chi connectivity index (χ1) is 8.79. The number of ether oxygens (including phenoxy) is 1. The second-order valence-corrected chi connectivity index (χ2v) is 5.07. The van der Waals surface area contributed by atoms with Crippen molar-refractivity contribution in [3.8, 4) is 0 Å². The topological polar surface area (TPSA) is 55.5 Å². The summed E-state index contributed by atoms with van der Waals surface area (Å²) in [6.07, 6.45) is 5.50. The van der Waals surface area contributed by atoms with E-state index in [1.165, 1.54) is 0 Å². The highest BCUT2D eigenvalue weighted by atomic mass is 79.9. The molecule has 3 rings (SSSR count). The highest BCUT2D eigenvalue weighted by molar-refractivity contribution is 9.09. The molecule has 0 radical (unpaired) electrons. The van der Waals surface area contributed by atoms with Crippen LogP contribution in [-0.4, -0.2) is 50.2 Å². The van der Waals surface area contributed by atoms with Crippen LogP contribution in [0.1, 0.15) is 6.92 Å². The van der Waals surface area contributed by atoms with E-state index in [-0.39, 0.29) is 12.1 Å². The van der Waals surface area contributed by atoms with Crippen molar-refractivity contribution in [3.05, 3.63) is 18.7 Å². The molecule has 18 heavy (non-hydrogen) atoms. The average Bonchev–Trinajstić information content (AvgIpc) is 2.87. The number of alkyl halides is 1. The Labute approximate surface area is 113 Å². The summed E-state index contributed by atoms with van der Waals surface area (Å²) in [5, 5.41) is 8.89. The lowest BCUT2D eigenvalue weighted by atomic mass is 10.2. The van der Waals surface area contributed by atoms with Crippen molar-refractivity contribution >= 4 is 27.4 Å². The van der Waals surface area contributed by atoms with Crippen LogP contribution < -0.4 is 4.90 Å². The van der Waals surface area contributed by atoms with Gasteiger partial charge in [-0.2, -0.15) is 0 Å². The summed E-state index contributed by atoms with van der Waals surface area (Å²) in [5.41, 5.74) is 0.791. The van der Waals surface area contributed by atoms with E-state index in [1.54, 1.807) is 12.5 Å². The van der Waals surface area contributed by atoms with Gasteiger partial charge in [-0.05, 0) is 6.92 Å². The van der Waals surface area contributed by atoms with Crippen molar-refractivity contribution in [3.63, 3.8) is 0 Å². The van der Waals surface area contributed by atoms with Crippen molar-refractivity contribution in [1.82, 2.24) is 19.6 Å². The van der Waals surface area contributed by atoms with Gasteiger partial charge in [-0.15, -0.1) is 10.2 Å². The number of halogens is 1. The van der Waals surface area contributed by atoms with E-state index in [0.29, 0.717) is 6.61 Å². The van der Waals surface area contributed by atoms with E-state index in [9.17, 15) is 0 Å². The first-order valence-corrected chi connectivity index (χ1v) is 7.00. The maximum Gasteiger partial charge on any atom is 0.203 e. The number of morpholine rings is 1. The number of fused-ring (bicyclic) bond motifs is 1. The number of anilines is 1. The van der Waals surface area contributed by atoms with Gasteiger partial charge in [0.15, 0.2) is 5.82 Å². The zero-order valence-corrected chi connectivity index (χ0v) is 11.6. The largest absolute Gasteiger partial charge is 0.373 e. The molecule has 7 heteroatoms. The second-order valence-electron chi connectivity index (χ2n) is 4.42. The quantitative estimate of drug-likeness (QED) is 0.778. The fraction of sp³-hybridized carbons (Fsp3) is 0.545. The third-order valence-electron chi connectivity index (χ3n) is 3.15. The highest BCUT2D eigenvalue weighted by Crippen LogP contribution is 2.23. The summed E-state index contributed by atoms with van der Waals surface area (Å²) < 4.78 is 7.61. The minimum atomic E-state index is 0.186. The van der Waals surface area contributed by atoms with E-state index in [1.807, 2.05) is 10.6 Å². The molecule has 0 N–H and O–H groups in total. The van der Waals surface area contributed by atoms with Gasteiger partial charge in [0.05, 0.1) is 18.8 Å². The Hall–Kier alpha value is -1.21. The van der Waals surface area contributed by atoms with Gasteiger partial charge in [0.2, 0.25) is 5.65 Å². The van der Waals surface area contributed by atoms with Crippen LogP contribution in [-0.2, 0) is 4.74 Å². The minimum absolute atomic E-state index is 0.186. The maximum atomic E-state index is 5.73. The van der Waals surface area contributed by atoms with Crippen LogP contribution in [0.25, 0.3) is 5.65 Å². The van der Waals surface area contributed by atoms with E-state index >= 15 is 0 Å². The molecule has 0 amide bonds. The summed E-state index contributed by atoms with van der Waals surface area (Å²) in [4.78, 5) is 6.69. The molecule has 0 aromatic carbocycles. The van der Waals surface area contributed by atoms with Crippen LogP contribution in [0.5, 0.6) is 0 Å². The number of hydrogen-bond acceptors (Lipinski definition) is 5. The molecular weight excluding hydrogens is 298 g/mol. The van der Waals surface area contributed by atoms with Crippen LogP contribution in [0.15, 0.2) is 18.7 Å². The molecule has 0 spiro atoms. The molecule has 0 saturated carbocycles. The summed E-state index contributed by atoms with van der Waals surface area (Å²) in [5.74, 6) is 0.872. The highest BCUT2D eigenvalue weighted by Gasteiger charge is 2.28. The summed E-state index contributed by atoms with van der Waals surface area (Å²) in [6, 6.07) is 0.288. The number of rotatable bonds is 2. The Bertz CT molecular complexity index is 545. The van der Waals surface area contributed by atoms with Crippen molar-refractivity contribution in [2.75, 3.05) is 23.4 Å². The zero-order chi connectivity index (χ0) is 12.5. The van der Waals surface area contributed by atoms with Crippen molar-refractivity contribution in [2.24, 2.45) is 0 Å². The van der Waals surface area contributed by atoms with Crippen LogP contribution in [0.4, 0.5) is 5.82 Å². The molecule has 1 aliphatic heterocycles. The zero-order valence-electron chi connectivity index (χ0n) is 10.0. The predicted octanol–water partition coefficient (Wildman–Crippen LogP) is 1.11. The Morgan fingerprint density at radius 3 is 3.28 bits per heavy atom. The Morgan fingerprint density at radius 2 is 2.44 bits per heavy atom. The molecule has 6 nitrogen and oxygen atoms in total. The van der Waals surface area contributed by atoms with Crippen LogP contribution >= 0.6 is 15.9 Å². The van der Waals surface area contributed by atoms with Gasteiger partial charge in [-0.1, -0.05) is 15.9 Å². The van der Waals surface area contributed by atoms with E-state index in [4.69, 9.17) is 4.74 Å². The first-order valence-electron chi connectivity index (χ1n) is 5.88. The lowest BCUT2D eigenvalue weighted by Gasteiger charge is -2.38. The molecule has 2 aromatic rings. The van der Waals surface area contributed by atoms with Gasteiger partial charge in [0, 0.05) is 24.3 Å². The predicted molar refractivity (Wildman–Crippen MR) is 71.1 cm³/mol. The molecule has 1 saturated heterocycles. The second kappa shape index (κ2) is 4.81. The van der Waals surface area contributed by atoms with E-state index in [0.717, 1.165) is 23.3 Å². The molecule has 3 heterocycles. The molecule has 96 valence electrons. The molecule has 1 fully saturated rings. The van der Waals surface area contributed by atoms with Gasteiger partial charge in [0.25, 0.3) is 0 Å². The Balaban J connectivity index is 1.99. The lowest BCUT2D eigenvalue weighted by molar-refractivity contribution is 0.0377. The molecule has 0 bridgehead atoms. The van der Waals surface area contributed by atoms with Crippen molar-refractivity contribution in [2.45, 2.75) is 19.1 Å². The smallest absolute Gasteiger partial charge is 0.203 e. The first kappa shape index (κ1) is 11.9. The van der Waals surface area contributed by atoms with Crippen LogP contribution in [0.2, 0.25) is 0 Å². The standard InChI is InChI=1S/C11H14BrN5O/c1-8-6-18-9(4-12)5-17(8)10-11-15-14-7-16(11)3-2-13-10/h2-3,7-9H,4-6H2,1H3. The third-order valence-corrected chi connectivity index (χ3v) is 3.87. The Kier molecular flexibility index (Phi) is 3.17. The van der Waals surface area contributed by atoms with E-state index < -0.39 is 0 Å². The van der Waals surface area contributed by atoms with Gasteiger partial charge in [0.1, 0.15) is 6.33 Å². The third kappa shape index (κ3) is 1.97. The molecule has 0 aliphatic carbocycles. The number of hydrogen-bond donors (Lipinski definition) is 0. The molecular formula is C11H14BrN5O. The van der Waals surface area contributed by atoms with Crippen LogP contribution in [0, 0.1) is 0 Å². The normalized spacial score (nSPS) is 24.7. The van der Waals surface area contributed by atoms with E-state index in [2.05, 4.69) is 42.9 Å². The molecule has 2 unspecified atom stereocenters. The lowest BCUT2D eigenvalue weighted by Crippen LogP contribution is -2.49. The average molecular weight is 312 g/mol. The molecule has 2 atom stereocenters. The Morgan fingerprint density at radius 1 is 1.56 bits per heavy atom. The number of nitrogens with zero attached hydrogens (tertiary/aromatic N) is 5. The molecule has 1 aliphatic rings. The van der Waals surface area contributed by atoms with Gasteiger partial charge < -0.3 is 9.64 Å². The fourth-order valence-corrected chi connectivity index (χ4v) is 2.55. The summed E-state index contributed by atoms with van der Waals surface area (Å²) in [6.45, 7) is 3.64. The van der Waals surface area contributed by atoms with Gasteiger partial charge >= 0.3 is 0 Å². The van der Waals surface area contributed by atoms with Gasteiger partial charge in [-0.3, -0.25) is 4.40 Å². The SMILES string of the molecule is CC1COC(CBr)CN1c1nccn2cnnc12. The number of aromatic nitrogens is 4.